The largest absolute Gasteiger partial charge is 0.381 e. The van der Waals surface area contributed by atoms with E-state index in [2.05, 4.69) is 22.5 Å². The minimum Gasteiger partial charge on any atom is -0.381 e. The Kier molecular flexibility index (Phi) is 12.9. The molecule has 136 valence electrons. The Hall–Kier alpha value is -0.850. The van der Waals surface area contributed by atoms with E-state index in [4.69, 9.17) is 14.2 Å². The monoisotopic (exact) mass is 329 g/mol. The molecule has 1 rings (SSSR count). The highest BCUT2D eigenvalue weighted by atomic mass is 16.5. The maximum atomic E-state index is 5.75. The van der Waals surface area contributed by atoms with E-state index in [-0.39, 0.29) is 0 Å². The Morgan fingerprint density at radius 1 is 1.04 bits per heavy atom. The molecule has 1 heterocycles. The Morgan fingerprint density at radius 2 is 1.78 bits per heavy atom. The molecule has 1 aliphatic heterocycles. The highest BCUT2D eigenvalue weighted by molar-refractivity contribution is 5.79. The average molecular weight is 329 g/mol. The SMILES string of the molecule is CCCCOCCNC(=NC)NCCCOCC1CCOCC1. The standard InChI is InChI=1S/C17H35N3O3/c1-3-4-10-21-14-9-20-17(18-2)19-8-5-11-23-15-16-6-12-22-13-7-16/h16H,3-15H2,1-2H3,(H2,18,19,20). The van der Waals surface area contributed by atoms with Crippen molar-refractivity contribution in [3.63, 3.8) is 0 Å². The van der Waals surface area contributed by atoms with Crippen molar-refractivity contribution in [3.05, 3.63) is 0 Å². The maximum Gasteiger partial charge on any atom is 0.191 e. The highest BCUT2D eigenvalue weighted by Gasteiger charge is 2.13. The fourth-order valence-electron chi connectivity index (χ4n) is 2.35. The van der Waals surface area contributed by atoms with Gasteiger partial charge in [-0.05, 0) is 31.6 Å². The zero-order chi connectivity index (χ0) is 16.6. The van der Waals surface area contributed by atoms with E-state index in [9.17, 15) is 0 Å². The van der Waals surface area contributed by atoms with Crippen molar-refractivity contribution in [3.8, 4) is 0 Å². The van der Waals surface area contributed by atoms with Crippen molar-refractivity contribution in [2.24, 2.45) is 10.9 Å². The van der Waals surface area contributed by atoms with Gasteiger partial charge in [-0.15, -0.1) is 0 Å². The fraction of sp³-hybridized carbons (Fsp3) is 0.941. The topological polar surface area (TPSA) is 64.1 Å². The predicted molar refractivity (Wildman–Crippen MR) is 94.1 cm³/mol. The molecule has 0 unspecified atom stereocenters. The first-order valence-corrected chi connectivity index (χ1v) is 9.04. The van der Waals surface area contributed by atoms with Crippen molar-refractivity contribution in [2.45, 2.75) is 39.0 Å². The number of guanidine groups is 1. The smallest absolute Gasteiger partial charge is 0.191 e. The van der Waals surface area contributed by atoms with Crippen LogP contribution in [0.5, 0.6) is 0 Å². The van der Waals surface area contributed by atoms with E-state index >= 15 is 0 Å². The molecule has 0 aromatic rings. The molecule has 0 bridgehead atoms. The third-order valence-corrected chi connectivity index (χ3v) is 3.86. The molecule has 1 fully saturated rings. The minimum absolute atomic E-state index is 0.679. The molecule has 1 aliphatic rings. The molecule has 0 radical (unpaired) electrons. The second kappa shape index (κ2) is 14.7. The summed E-state index contributed by atoms with van der Waals surface area (Å²) in [5, 5.41) is 6.54. The van der Waals surface area contributed by atoms with Gasteiger partial charge in [0.2, 0.25) is 0 Å². The number of nitrogens with one attached hydrogen (secondary N) is 2. The molecule has 0 aromatic heterocycles. The van der Waals surface area contributed by atoms with Gasteiger partial charge < -0.3 is 24.8 Å². The third-order valence-electron chi connectivity index (χ3n) is 3.86. The fourth-order valence-corrected chi connectivity index (χ4v) is 2.35. The van der Waals surface area contributed by atoms with E-state index in [1.54, 1.807) is 7.05 Å². The lowest BCUT2D eigenvalue weighted by atomic mass is 10.0. The minimum atomic E-state index is 0.679. The highest BCUT2D eigenvalue weighted by Crippen LogP contribution is 2.14. The van der Waals surface area contributed by atoms with Crippen molar-refractivity contribution in [1.29, 1.82) is 0 Å². The van der Waals surface area contributed by atoms with Gasteiger partial charge in [-0.25, -0.2) is 0 Å². The average Bonchev–Trinajstić information content (AvgIpc) is 2.60. The maximum absolute atomic E-state index is 5.75. The van der Waals surface area contributed by atoms with Gasteiger partial charge in [0.1, 0.15) is 0 Å². The van der Waals surface area contributed by atoms with Gasteiger partial charge in [-0.3, -0.25) is 4.99 Å². The van der Waals surface area contributed by atoms with E-state index in [0.717, 1.165) is 84.4 Å². The molecule has 23 heavy (non-hydrogen) atoms. The Bertz CT molecular complexity index is 295. The second-order valence-corrected chi connectivity index (χ2v) is 5.88. The lowest BCUT2D eigenvalue weighted by Gasteiger charge is -2.21. The van der Waals surface area contributed by atoms with Crippen molar-refractivity contribution < 1.29 is 14.2 Å². The summed E-state index contributed by atoms with van der Waals surface area (Å²) < 4.78 is 16.6. The first-order chi connectivity index (χ1) is 11.4. The number of unbranched alkanes of at least 4 members (excludes halogenated alkanes) is 1. The Labute approximate surface area is 141 Å². The van der Waals surface area contributed by atoms with E-state index in [1.165, 1.54) is 6.42 Å². The predicted octanol–water partition coefficient (Wildman–Crippen LogP) is 1.80. The zero-order valence-corrected chi connectivity index (χ0v) is 14.9. The summed E-state index contributed by atoms with van der Waals surface area (Å²) in [6.45, 7) is 8.81. The molecule has 6 nitrogen and oxygen atoms in total. The number of ether oxygens (including phenoxy) is 3. The van der Waals surface area contributed by atoms with Gasteiger partial charge in [0.15, 0.2) is 5.96 Å². The van der Waals surface area contributed by atoms with Crippen LogP contribution in [0.4, 0.5) is 0 Å². The molecule has 2 N–H and O–H groups in total. The van der Waals surface area contributed by atoms with Crippen molar-refractivity contribution in [2.75, 3.05) is 59.8 Å². The number of hydrogen-bond donors (Lipinski definition) is 2. The molecule has 0 atom stereocenters. The van der Waals surface area contributed by atoms with Gasteiger partial charge in [-0.1, -0.05) is 13.3 Å². The molecule has 6 heteroatoms. The quantitative estimate of drug-likeness (QED) is 0.325. The molecule has 0 aromatic carbocycles. The normalized spacial score (nSPS) is 16.5. The van der Waals surface area contributed by atoms with Crippen LogP contribution in [0.25, 0.3) is 0 Å². The van der Waals surface area contributed by atoms with Gasteiger partial charge in [0.25, 0.3) is 0 Å². The van der Waals surface area contributed by atoms with Crippen LogP contribution in [0, 0.1) is 5.92 Å². The first-order valence-electron chi connectivity index (χ1n) is 9.04. The van der Waals surface area contributed by atoms with Crippen LogP contribution in [0.15, 0.2) is 4.99 Å². The number of hydrogen-bond acceptors (Lipinski definition) is 4. The lowest BCUT2D eigenvalue weighted by Crippen LogP contribution is -2.39. The van der Waals surface area contributed by atoms with Gasteiger partial charge in [-0.2, -0.15) is 0 Å². The van der Waals surface area contributed by atoms with Crippen LogP contribution >= 0.6 is 0 Å². The van der Waals surface area contributed by atoms with E-state index in [1.807, 2.05) is 0 Å². The second-order valence-electron chi connectivity index (χ2n) is 5.88. The van der Waals surface area contributed by atoms with Crippen LogP contribution in [-0.2, 0) is 14.2 Å². The summed E-state index contributed by atoms with van der Waals surface area (Å²) in [7, 11) is 1.79. The summed E-state index contributed by atoms with van der Waals surface area (Å²) >= 11 is 0. The lowest BCUT2D eigenvalue weighted by molar-refractivity contribution is 0.0203. The first kappa shape index (κ1) is 20.2. The number of rotatable bonds is 12. The molecule has 0 aliphatic carbocycles. The van der Waals surface area contributed by atoms with Crippen LogP contribution < -0.4 is 10.6 Å². The molecular weight excluding hydrogens is 294 g/mol. The van der Waals surface area contributed by atoms with Crippen LogP contribution in [0.1, 0.15) is 39.0 Å². The van der Waals surface area contributed by atoms with Crippen LogP contribution in [0.3, 0.4) is 0 Å². The van der Waals surface area contributed by atoms with Crippen molar-refractivity contribution >= 4 is 5.96 Å². The summed E-state index contributed by atoms with van der Waals surface area (Å²) in [4.78, 5) is 4.20. The molecule has 0 spiro atoms. The summed E-state index contributed by atoms with van der Waals surface area (Å²) in [5.74, 6) is 1.51. The van der Waals surface area contributed by atoms with Gasteiger partial charge >= 0.3 is 0 Å². The summed E-state index contributed by atoms with van der Waals surface area (Å²) in [6, 6.07) is 0. The molecular formula is C17H35N3O3. The van der Waals surface area contributed by atoms with Crippen LogP contribution in [-0.4, -0.2) is 65.7 Å². The Balaban J connectivity index is 1.89. The zero-order valence-electron chi connectivity index (χ0n) is 14.9. The third kappa shape index (κ3) is 11.3. The van der Waals surface area contributed by atoms with Crippen LogP contribution in [0.2, 0.25) is 0 Å². The van der Waals surface area contributed by atoms with E-state index in [0.29, 0.717) is 5.92 Å². The number of nitrogens with zero attached hydrogens (tertiary/aromatic N) is 1. The van der Waals surface area contributed by atoms with Gasteiger partial charge in [0, 0.05) is 53.2 Å². The molecule has 0 saturated carbocycles. The summed E-state index contributed by atoms with van der Waals surface area (Å²) in [6.07, 6.45) is 5.55. The Morgan fingerprint density at radius 3 is 2.52 bits per heavy atom. The molecule has 1 saturated heterocycles. The van der Waals surface area contributed by atoms with Crippen molar-refractivity contribution in [1.82, 2.24) is 10.6 Å². The number of aliphatic imine (C=N–C) groups is 1. The summed E-state index contributed by atoms with van der Waals surface area (Å²) in [5.41, 5.74) is 0. The van der Waals surface area contributed by atoms with E-state index < -0.39 is 0 Å². The van der Waals surface area contributed by atoms with Gasteiger partial charge in [0.05, 0.1) is 6.61 Å². The molecule has 0 amide bonds.